The van der Waals surface area contributed by atoms with Crippen LogP contribution in [-0.4, -0.2) is 29.6 Å². The Balaban J connectivity index is 1.84. The Hall–Kier alpha value is -2.27. The van der Waals surface area contributed by atoms with Crippen molar-refractivity contribution in [2.45, 2.75) is 44.4 Å². The third kappa shape index (κ3) is 4.23. The van der Waals surface area contributed by atoms with Gasteiger partial charge in [-0.3, -0.25) is 9.78 Å². The molecular formula is C20H24FN3O. The van der Waals surface area contributed by atoms with Gasteiger partial charge in [-0.1, -0.05) is 50.2 Å². The maximum atomic E-state index is 13.4. The van der Waals surface area contributed by atoms with Gasteiger partial charge < -0.3 is 10.6 Å². The highest BCUT2D eigenvalue weighted by Gasteiger charge is 2.31. The van der Waals surface area contributed by atoms with E-state index in [4.69, 9.17) is 0 Å². The summed E-state index contributed by atoms with van der Waals surface area (Å²) in [6, 6.07) is 12.9. The molecule has 0 spiro atoms. The number of rotatable bonds is 5. The number of nitrogens with one attached hydrogen (secondary N) is 2. The van der Waals surface area contributed by atoms with Gasteiger partial charge in [-0.15, -0.1) is 0 Å². The van der Waals surface area contributed by atoms with Gasteiger partial charge in [0.15, 0.2) is 0 Å². The molecule has 2 aromatic rings. The summed E-state index contributed by atoms with van der Waals surface area (Å²) in [7, 11) is 0. The molecule has 2 heterocycles. The minimum Gasteiger partial charge on any atom is -0.342 e. The van der Waals surface area contributed by atoms with Gasteiger partial charge in [0.2, 0.25) is 5.91 Å². The molecule has 3 rings (SSSR count). The van der Waals surface area contributed by atoms with E-state index in [-0.39, 0.29) is 24.9 Å². The minimum atomic E-state index is -0.964. The molecule has 1 aliphatic heterocycles. The van der Waals surface area contributed by atoms with Gasteiger partial charge in [0.1, 0.15) is 6.17 Å². The first-order valence-corrected chi connectivity index (χ1v) is 8.73. The zero-order chi connectivity index (χ0) is 17.8. The fourth-order valence-electron chi connectivity index (χ4n) is 3.04. The van der Waals surface area contributed by atoms with Gasteiger partial charge in [0.25, 0.3) is 0 Å². The highest BCUT2D eigenvalue weighted by atomic mass is 19.1. The van der Waals surface area contributed by atoms with E-state index in [1.165, 1.54) is 0 Å². The first-order chi connectivity index (χ1) is 12.0. The second kappa shape index (κ2) is 7.74. The summed E-state index contributed by atoms with van der Waals surface area (Å²) in [6.45, 7) is 4.47. The lowest BCUT2D eigenvalue weighted by Gasteiger charge is -2.21. The van der Waals surface area contributed by atoms with E-state index < -0.39 is 12.2 Å². The highest BCUT2D eigenvalue weighted by Crippen LogP contribution is 2.23. The molecular weight excluding hydrogens is 317 g/mol. The highest BCUT2D eigenvalue weighted by molar-refractivity contribution is 5.83. The van der Waals surface area contributed by atoms with Crippen molar-refractivity contribution in [2.75, 3.05) is 6.54 Å². The van der Waals surface area contributed by atoms with E-state index in [0.29, 0.717) is 5.92 Å². The van der Waals surface area contributed by atoms with Crippen LogP contribution in [0.25, 0.3) is 0 Å². The third-order valence-corrected chi connectivity index (χ3v) is 4.58. The van der Waals surface area contributed by atoms with Gasteiger partial charge in [0, 0.05) is 19.2 Å². The standard InChI is InChI=1S/C20H24FN3O/c1-13(2)15-8-9-17(22-11-15)19(14-6-4-3-5-7-14)24-20(25)18-10-16(21)12-23-18/h3-9,11,13,16,18-19,23H,10,12H2,1-2H3,(H,24,25)/t16-,18+,19+/m1/s1. The molecule has 25 heavy (non-hydrogen) atoms. The molecule has 2 N–H and O–H groups in total. The van der Waals surface area contributed by atoms with Crippen LogP contribution in [0.5, 0.6) is 0 Å². The number of pyridine rings is 1. The monoisotopic (exact) mass is 341 g/mol. The number of carbonyl (C=O) groups is 1. The SMILES string of the molecule is CC(C)c1ccc([C@@H](NC(=O)[C@@H]2C[C@@H](F)CN2)c2ccccc2)nc1. The molecule has 0 bridgehead atoms. The summed E-state index contributed by atoms with van der Waals surface area (Å²) in [5, 5.41) is 5.96. The van der Waals surface area contributed by atoms with Crippen LogP contribution < -0.4 is 10.6 Å². The number of carbonyl (C=O) groups excluding carboxylic acids is 1. The fraction of sp³-hybridized carbons (Fsp3) is 0.400. The van der Waals surface area contributed by atoms with Crippen molar-refractivity contribution in [3.63, 3.8) is 0 Å². The molecule has 1 aliphatic rings. The van der Waals surface area contributed by atoms with E-state index in [0.717, 1.165) is 16.8 Å². The summed E-state index contributed by atoms with van der Waals surface area (Å²) < 4.78 is 13.4. The average molecular weight is 341 g/mol. The van der Waals surface area contributed by atoms with Crippen LogP contribution in [0.4, 0.5) is 4.39 Å². The van der Waals surface area contributed by atoms with Crippen molar-refractivity contribution in [1.29, 1.82) is 0 Å². The number of halogens is 1. The van der Waals surface area contributed by atoms with E-state index in [2.05, 4.69) is 29.5 Å². The zero-order valence-corrected chi connectivity index (χ0v) is 14.6. The average Bonchev–Trinajstić information content (AvgIpc) is 3.07. The Morgan fingerprint density at radius 2 is 1.96 bits per heavy atom. The number of aromatic nitrogens is 1. The van der Waals surface area contributed by atoms with Crippen LogP contribution in [-0.2, 0) is 4.79 Å². The molecule has 132 valence electrons. The molecule has 0 radical (unpaired) electrons. The molecule has 0 aliphatic carbocycles. The summed E-state index contributed by atoms with van der Waals surface area (Å²) in [6.07, 6.45) is 1.11. The number of hydrogen-bond donors (Lipinski definition) is 2. The number of alkyl halides is 1. The number of nitrogens with zero attached hydrogens (tertiary/aromatic N) is 1. The maximum absolute atomic E-state index is 13.4. The molecule has 0 unspecified atom stereocenters. The molecule has 1 fully saturated rings. The van der Waals surface area contributed by atoms with E-state index >= 15 is 0 Å². The van der Waals surface area contributed by atoms with Crippen LogP contribution in [0.1, 0.15) is 49.0 Å². The van der Waals surface area contributed by atoms with Crippen molar-refractivity contribution in [1.82, 2.24) is 15.6 Å². The zero-order valence-electron chi connectivity index (χ0n) is 14.6. The first kappa shape index (κ1) is 17.5. The fourth-order valence-corrected chi connectivity index (χ4v) is 3.04. The predicted octanol–water partition coefficient (Wildman–Crippen LogP) is 3.11. The molecule has 4 nitrogen and oxygen atoms in total. The van der Waals surface area contributed by atoms with Crippen LogP contribution in [0.3, 0.4) is 0 Å². The summed E-state index contributed by atoms with van der Waals surface area (Å²) in [5.41, 5.74) is 2.88. The Morgan fingerprint density at radius 1 is 1.20 bits per heavy atom. The van der Waals surface area contributed by atoms with Gasteiger partial charge in [-0.25, -0.2) is 4.39 Å². The van der Waals surface area contributed by atoms with Crippen molar-refractivity contribution in [3.8, 4) is 0 Å². The summed E-state index contributed by atoms with van der Waals surface area (Å²) in [4.78, 5) is 17.1. The van der Waals surface area contributed by atoms with Crippen molar-refractivity contribution >= 4 is 5.91 Å². The molecule has 1 amide bonds. The maximum Gasteiger partial charge on any atom is 0.238 e. The van der Waals surface area contributed by atoms with Gasteiger partial charge in [-0.05, 0) is 23.1 Å². The number of hydrogen-bond acceptors (Lipinski definition) is 3. The molecule has 1 saturated heterocycles. The van der Waals surface area contributed by atoms with E-state index in [1.807, 2.05) is 48.7 Å². The summed E-state index contributed by atoms with van der Waals surface area (Å²) >= 11 is 0. The van der Waals surface area contributed by atoms with Crippen molar-refractivity contribution in [3.05, 3.63) is 65.5 Å². The lowest BCUT2D eigenvalue weighted by Crippen LogP contribution is -2.42. The normalized spacial score (nSPS) is 21.3. The largest absolute Gasteiger partial charge is 0.342 e. The molecule has 1 aromatic carbocycles. The van der Waals surface area contributed by atoms with Crippen molar-refractivity contribution < 1.29 is 9.18 Å². The van der Waals surface area contributed by atoms with Gasteiger partial charge in [-0.2, -0.15) is 0 Å². The van der Waals surface area contributed by atoms with E-state index in [1.54, 1.807) is 0 Å². The Labute approximate surface area is 147 Å². The third-order valence-electron chi connectivity index (χ3n) is 4.58. The lowest BCUT2D eigenvalue weighted by atomic mass is 10.00. The molecule has 0 saturated carbocycles. The predicted molar refractivity (Wildman–Crippen MR) is 96.1 cm³/mol. The number of benzene rings is 1. The van der Waals surface area contributed by atoms with Crippen LogP contribution in [0.15, 0.2) is 48.7 Å². The Bertz CT molecular complexity index is 703. The number of amides is 1. The topological polar surface area (TPSA) is 54.0 Å². The lowest BCUT2D eigenvalue weighted by molar-refractivity contribution is -0.123. The van der Waals surface area contributed by atoms with Crippen LogP contribution in [0.2, 0.25) is 0 Å². The van der Waals surface area contributed by atoms with E-state index in [9.17, 15) is 9.18 Å². The first-order valence-electron chi connectivity index (χ1n) is 8.73. The smallest absolute Gasteiger partial charge is 0.238 e. The summed E-state index contributed by atoms with van der Waals surface area (Å²) in [5.74, 6) is 0.208. The Morgan fingerprint density at radius 3 is 2.52 bits per heavy atom. The second-order valence-corrected chi connectivity index (χ2v) is 6.82. The van der Waals surface area contributed by atoms with Crippen LogP contribution in [0, 0.1) is 0 Å². The van der Waals surface area contributed by atoms with Gasteiger partial charge >= 0.3 is 0 Å². The van der Waals surface area contributed by atoms with Gasteiger partial charge in [0.05, 0.1) is 17.8 Å². The molecule has 3 atom stereocenters. The Kier molecular flexibility index (Phi) is 5.43. The second-order valence-electron chi connectivity index (χ2n) is 6.82. The quantitative estimate of drug-likeness (QED) is 0.879. The van der Waals surface area contributed by atoms with Crippen LogP contribution >= 0.6 is 0 Å². The minimum absolute atomic E-state index is 0.191. The van der Waals surface area contributed by atoms with Crippen molar-refractivity contribution in [2.24, 2.45) is 0 Å². The molecule has 1 aromatic heterocycles. The molecule has 5 heteroatoms.